The summed E-state index contributed by atoms with van der Waals surface area (Å²) in [5.41, 5.74) is 0. The molecule has 0 radical (unpaired) electrons. The largest absolute Gasteiger partial charge is 0.334 e. The summed E-state index contributed by atoms with van der Waals surface area (Å²) >= 11 is 0. The van der Waals surface area contributed by atoms with E-state index >= 15 is 0 Å². The minimum absolute atomic E-state index is 0.409. The van der Waals surface area contributed by atoms with Gasteiger partial charge in [0, 0.05) is 6.04 Å². The molecule has 0 aromatic heterocycles. The molecule has 1 aliphatic rings. The first-order valence-electron chi connectivity index (χ1n) is 3.22. The molecule has 11 heavy (non-hydrogen) atoms. The predicted octanol–water partition coefficient (Wildman–Crippen LogP) is -0.971. The molecule has 0 aromatic carbocycles. The Kier molecular flexibility index (Phi) is 1.89. The third kappa shape index (κ3) is 1.36. The van der Waals surface area contributed by atoms with Crippen LogP contribution < -0.4 is 10.6 Å². The summed E-state index contributed by atoms with van der Waals surface area (Å²) in [6.45, 7) is 1.61. The fraction of sp³-hybridized carbons (Fsp3) is 0.500. The molecule has 2 N–H and O–H groups in total. The van der Waals surface area contributed by atoms with Crippen molar-refractivity contribution >= 4 is 18.2 Å². The van der Waals surface area contributed by atoms with Gasteiger partial charge in [0.2, 0.25) is 5.91 Å². The molecule has 0 bridgehead atoms. The molecule has 3 amide bonds. The van der Waals surface area contributed by atoms with Gasteiger partial charge in [0.25, 0.3) is 0 Å². The third-order valence-electron chi connectivity index (χ3n) is 1.58. The van der Waals surface area contributed by atoms with Crippen LogP contribution in [0.25, 0.3) is 0 Å². The fourth-order valence-electron chi connectivity index (χ4n) is 0.935. The second-order valence-corrected chi connectivity index (χ2v) is 2.41. The lowest BCUT2D eigenvalue weighted by atomic mass is 10.0. The average molecular weight is 156 g/mol. The van der Waals surface area contributed by atoms with Crippen LogP contribution in [0.5, 0.6) is 0 Å². The maximum Gasteiger partial charge on any atom is 0.321 e. The third-order valence-corrected chi connectivity index (χ3v) is 1.58. The first-order valence-corrected chi connectivity index (χ1v) is 3.22. The van der Waals surface area contributed by atoms with E-state index in [1.807, 2.05) is 5.32 Å². The van der Waals surface area contributed by atoms with E-state index in [9.17, 15) is 14.4 Å². The number of aldehydes is 1. The van der Waals surface area contributed by atoms with E-state index < -0.39 is 23.9 Å². The van der Waals surface area contributed by atoms with E-state index in [4.69, 9.17) is 0 Å². The highest BCUT2D eigenvalue weighted by Crippen LogP contribution is 2.04. The van der Waals surface area contributed by atoms with Gasteiger partial charge >= 0.3 is 6.03 Å². The molecule has 5 nitrogen and oxygen atoms in total. The smallest absolute Gasteiger partial charge is 0.321 e. The normalized spacial score (nSPS) is 30.6. The molecular weight excluding hydrogens is 148 g/mol. The van der Waals surface area contributed by atoms with E-state index in [1.165, 1.54) is 0 Å². The quantitative estimate of drug-likeness (QED) is 0.379. The van der Waals surface area contributed by atoms with Crippen LogP contribution in [0.2, 0.25) is 0 Å². The number of imide groups is 1. The van der Waals surface area contributed by atoms with Gasteiger partial charge < -0.3 is 10.1 Å². The number of urea groups is 1. The molecule has 2 atom stereocenters. The maximum atomic E-state index is 10.8. The van der Waals surface area contributed by atoms with Gasteiger partial charge in [0.15, 0.2) is 0 Å². The van der Waals surface area contributed by atoms with Gasteiger partial charge in [-0.1, -0.05) is 0 Å². The van der Waals surface area contributed by atoms with Crippen LogP contribution in [-0.2, 0) is 9.59 Å². The van der Waals surface area contributed by atoms with Crippen molar-refractivity contribution in [1.82, 2.24) is 10.6 Å². The van der Waals surface area contributed by atoms with Crippen LogP contribution in [0.1, 0.15) is 6.92 Å². The second kappa shape index (κ2) is 2.69. The molecule has 1 rings (SSSR count). The van der Waals surface area contributed by atoms with E-state index in [1.54, 1.807) is 6.92 Å². The predicted molar refractivity (Wildman–Crippen MR) is 35.7 cm³/mol. The van der Waals surface area contributed by atoms with Crippen molar-refractivity contribution < 1.29 is 14.4 Å². The Hall–Kier alpha value is -1.39. The van der Waals surface area contributed by atoms with Crippen molar-refractivity contribution in [3.63, 3.8) is 0 Å². The van der Waals surface area contributed by atoms with Gasteiger partial charge in [-0.05, 0) is 6.92 Å². The summed E-state index contributed by atoms with van der Waals surface area (Å²) in [7, 11) is 0. The lowest BCUT2D eigenvalue weighted by Gasteiger charge is -2.24. The molecule has 5 heteroatoms. The fourth-order valence-corrected chi connectivity index (χ4v) is 0.935. The highest BCUT2D eigenvalue weighted by atomic mass is 16.2. The number of rotatable bonds is 1. The lowest BCUT2D eigenvalue weighted by molar-refractivity contribution is -0.129. The molecule has 2 unspecified atom stereocenters. The Morgan fingerprint density at radius 3 is 2.55 bits per heavy atom. The van der Waals surface area contributed by atoms with Crippen LogP contribution >= 0.6 is 0 Å². The summed E-state index contributed by atoms with van der Waals surface area (Å²) in [6, 6.07) is -0.950. The number of carbonyl (C=O) groups is 3. The van der Waals surface area contributed by atoms with E-state index in [-0.39, 0.29) is 0 Å². The number of amides is 3. The zero-order chi connectivity index (χ0) is 8.43. The zero-order valence-electron chi connectivity index (χ0n) is 5.96. The molecule has 0 spiro atoms. The molecule has 1 saturated heterocycles. The van der Waals surface area contributed by atoms with Crippen molar-refractivity contribution in [3.05, 3.63) is 0 Å². The summed E-state index contributed by atoms with van der Waals surface area (Å²) in [4.78, 5) is 31.7. The topological polar surface area (TPSA) is 75.3 Å². The number of nitrogens with one attached hydrogen (secondary N) is 2. The maximum absolute atomic E-state index is 10.8. The first kappa shape index (κ1) is 7.71. The summed E-state index contributed by atoms with van der Waals surface area (Å²) in [5.74, 6) is -1.29. The Bertz CT molecular complexity index is 214. The zero-order valence-corrected chi connectivity index (χ0v) is 5.96. The molecule has 0 aliphatic carbocycles. The number of hydrogen-bond acceptors (Lipinski definition) is 3. The van der Waals surface area contributed by atoms with Crippen LogP contribution in [0.15, 0.2) is 0 Å². The monoisotopic (exact) mass is 156 g/mol. The molecule has 0 saturated carbocycles. The molecule has 1 aliphatic heterocycles. The van der Waals surface area contributed by atoms with Gasteiger partial charge in [-0.15, -0.1) is 0 Å². The Morgan fingerprint density at radius 2 is 2.09 bits per heavy atom. The standard InChI is InChI=1S/C6H8N2O3/c1-3-4(2-9)5(10)8-6(11)7-3/h2-4H,1H3,(H2,7,8,10,11). The Labute approximate surface area is 63.1 Å². The minimum atomic E-state index is -0.757. The van der Waals surface area contributed by atoms with Crippen molar-refractivity contribution in [2.75, 3.05) is 0 Å². The highest BCUT2D eigenvalue weighted by molar-refractivity contribution is 6.04. The van der Waals surface area contributed by atoms with Crippen LogP contribution in [0.3, 0.4) is 0 Å². The molecule has 0 aromatic rings. The van der Waals surface area contributed by atoms with Crippen LogP contribution in [0.4, 0.5) is 4.79 Å². The highest BCUT2D eigenvalue weighted by Gasteiger charge is 2.31. The average Bonchev–Trinajstić information content (AvgIpc) is 1.85. The van der Waals surface area contributed by atoms with Crippen molar-refractivity contribution in [1.29, 1.82) is 0 Å². The van der Waals surface area contributed by atoms with E-state index in [0.29, 0.717) is 6.29 Å². The van der Waals surface area contributed by atoms with Crippen molar-refractivity contribution in [3.8, 4) is 0 Å². The van der Waals surface area contributed by atoms with Gasteiger partial charge in [0.1, 0.15) is 12.2 Å². The number of hydrogen-bond donors (Lipinski definition) is 2. The summed E-state index contributed by atoms with van der Waals surface area (Å²) in [6.07, 6.45) is 0.527. The van der Waals surface area contributed by atoms with Crippen molar-refractivity contribution in [2.24, 2.45) is 5.92 Å². The number of carbonyl (C=O) groups excluding carboxylic acids is 3. The minimum Gasteiger partial charge on any atom is -0.334 e. The first-order chi connectivity index (χ1) is 5.15. The molecule has 1 heterocycles. The second-order valence-electron chi connectivity index (χ2n) is 2.41. The van der Waals surface area contributed by atoms with E-state index in [0.717, 1.165) is 0 Å². The van der Waals surface area contributed by atoms with E-state index in [2.05, 4.69) is 5.32 Å². The summed E-state index contributed by atoms with van der Waals surface area (Å²) in [5, 5.41) is 4.40. The van der Waals surface area contributed by atoms with Crippen molar-refractivity contribution in [2.45, 2.75) is 13.0 Å². The SMILES string of the molecule is CC1NC(=O)NC(=O)C1C=O. The summed E-state index contributed by atoms with van der Waals surface area (Å²) < 4.78 is 0. The Morgan fingerprint density at radius 1 is 1.45 bits per heavy atom. The van der Waals surface area contributed by atoms with Gasteiger partial charge in [0.05, 0.1) is 0 Å². The van der Waals surface area contributed by atoms with Gasteiger partial charge in [-0.25, -0.2) is 4.79 Å². The molecular formula is C6H8N2O3. The van der Waals surface area contributed by atoms with Gasteiger partial charge in [-0.2, -0.15) is 0 Å². The lowest BCUT2D eigenvalue weighted by Crippen LogP contribution is -2.57. The Balaban J connectivity index is 2.74. The van der Waals surface area contributed by atoms with Gasteiger partial charge in [-0.3, -0.25) is 10.1 Å². The molecule has 1 fully saturated rings. The molecule has 60 valence electrons. The van der Waals surface area contributed by atoms with Crippen LogP contribution in [-0.4, -0.2) is 24.3 Å². The van der Waals surface area contributed by atoms with Crippen LogP contribution in [0, 0.1) is 5.92 Å².